The van der Waals surface area contributed by atoms with Crippen molar-refractivity contribution in [1.82, 2.24) is 0 Å². The number of rotatable bonds is 18. The summed E-state index contributed by atoms with van der Waals surface area (Å²) in [7, 11) is 1.32. The number of aliphatic hydroxyl groups excluding tert-OH is 1. The summed E-state index contributed by atoms with van der Waals surface area (Å²) in [6.07, 6.45) is 20.9. The molecule has 0 spiro atoms. The van der Waals surface area contributed by atoms with E-state index in [0.717, 1.165) is 12.8 Å². The zero-order valence-corrected chi connectivity index (χ0v) is 16.4. The molecule has 1 N–H and O–H groups in total. The van der Waals surface area contributed by atoms with E-state index < -0.39 is 12.1 Å². The summed E-state index contributed by atoms with van der Waals surface area (Å²) >= 11 is 0. The van der Waals surface area contributed by atoms with Crippen LogP contribution in [0.4, 0.5) is 0 Å². The van der Waals surface area contributed by atoms with Gasteiger partial charge in [-0.15, -0.1) is 0 Å². The Labute approximate surface area is 150 Å². The average molecular weight is 343 g/mol. The largest absolute Gasteiger partial charge is 0.467 e. The lowest BCUT2D eigenvalue weighted by Crippen LogP contribution is -2.21. The molecule has 0 radical (unpaired) electrons. The quantitative estimate of drug-likeness (QED) is 0.239. The van der Waals surface area contributed by atoms with Gasteiger partial charge in [0.2, 0.25) is 0 Å². The maximum atomic E-state index is 11.0. The van der Waals surface area contributed by atoms with Gasteiger partial charge in [0.1, 0.15) is 0 Å². The van der Waals surface area contributed by atoms with Crippen molar-refractivity contribution in [1.29, 1.82) is 0 Å². The van der Waals surface area contributed by atoms with Crippen LogP contribution in [0.3, 0.4) is 0 Å². The summed E-state index contributed by atoms with van der Waals surface area (Å²) in [4.78, 5) is 11.0. The number of ether oxygens (including phenoxy) is 1. The second kappa shape index (κ2) is 18.8. The summed E-state index contributed by atoms with van der Waals surface area (Å²) < 4.78 is 4.50. The normalized spacial score (nSPS) is 12.3. The molecule has 0 rings (SSSR count). The third-order valence-electron chi connectivity index (χ3n) is 4.80. The molecular formula is C21H42O3. The molecule has 0 heterocycles. The molecule has 0 bridgehead atoms. The van der Waals surface area contributed by atoms with Crippen LogP contribution >= 0.6 is 0 Å². The number of hydrogen-bond donors (Lipinski definition) is 1. The molecule has 3 heteroatoms. The van der Waals surface area contributed by atoms with Gasteiger partial charge in [-0.25, -0.2) is 4.79 Å². The van der Waals surface area contributed by atoms with Gasteiger partial charge in [-0.2, -0.15) is 0 Å². The molecule has 0 aromatic heterocycles. The molecule has 1 unspecified atom stereocenters. The van der Waals surface area contributed by atoms with Gasteiger partial charge in [0.05, 0.1) is 7.11 Å². The minimum Gasteiger partial charge on any atom is -0.467 e. The molecule has 24 heavy (non-hydrogen) atoms. The summed E-state index contributed by atoms with van der Waals surface area (Å²) in [6.45, 7) is 2.27. The molecule has 144 valence electrons. The van der Waals surface area contributed by atoms with Crippen LogP contribution in [-0.4, -0.2) is 24.3 Å². The van der Waals surface area contributed by atoms with Crippen LogP contribution in [0.2, 0.25) is 0 Å². The van der Waals surface area contributed by atoms with Crippen molar-refractivity contribution in [3.63, 3.8) is 0 Å². The SMILES string of the molecule is CCCCCCCCCCCCCCCCCCC(O)C(=O)OC. The Kier molecular flexibility index (Phi) is 18.3. The van der Waals surface area contributed by atoms with Crippen molar-refractivity contribution in [3.05, 3.63) is 0 Å². The van der Waals surface area contributed by atoms with E-state index in [1.165, 1.54) is 97.0 Å². The Morgan fingerprint density at radius 1 is 0.708 bits per heavy atom. The zero-order chi connectivity index (χ0) is 17.9. The van der Waals surface area contributed by atoms with Crippen molar-refractivity contribution >= 4 is 5.97 Å². The molecular weight excluding hydrogens is 300 g/mol. The van der Waals surface area contributed by atoms with Crippen LogP contribution in [0, 0.1) is 0 Å². The van der Waals surface area contributed by atoms with Crippen LogP contribution in [0.25, 0.3) is 0 Å². The molecule has 0 amide bonds. The molecule has 0 aromatic rings. The molecule has 0 fully saturated rings. The average Bonchev–Trinajstić information content (AvgIpc) is 2.60. The summed E-state index contributed by atoms with van der Waals surface area (Å²) in [5.74, 6) is -0.504. The van der Waals surface area contributed by atoms with Gasteiger partial charge in [-0.3, -0.25) is 0 Å². The van der Waals surface area contributed by atoms with Gasteiger partial charge >= 0.3 is 5.97 Å². The Bertz CT molecular complexity index is 266. The first-order chi connectivity index (χ1) is 11.7. The number of methoxy groups -OCH3 is 1. The Balaban J connectivity index is 3.09. The third kappa shape index (κ3) is 16.3. The van der Waals surface area contributed by atoms with Crippen molar-refractivity contribution in [2.45, 2.75) is 122 Å². The predicted octanol–water partition coefficient (Wildman–Crippen LogP) is 6.17. The van der Waals surface area contributed by atoms with E-state index in [9.17, 15) is 9.90 Å². The molecule has 0 aromatic carbocycles. The fourth-order valence-corrected chi connectivity index (χ4v) is 3.14. The van der Waals surface area contributed by atoms with Crippen molar-refractivity contribution < 1.29 is 14.6 Å². The maximum Gasteiger partial charge on any atom is 0.334 e. The Morgan fingerprint density at radius 3 is 1.38 bits per heavy atom. The smallest absolute Gasteiger partial charge is 0.334 e. The fraction of sp³-hybridized carbons (Fsp3) is 0.952. The lowest BCUT2D eigenvalue weighted by atomic mass is 10.0. The lowest BCUT2D eigenvalue weighted by Gasteiger charge is -2.07. The first-order valence-corrected chi connectivity index (χ1v) is 10.5. The van der Waals surface area contributed by atoms with Gasteiger partial charge in [0, 0.05) is 0 Å². The number of hydrogen-bond acceptors (Lipinski definition) is 3. The van der Waals surface area contributed by atoms with Crippen LogP contribution in [0.1, 0.15) is 116 Å². The summed E-state index contributed by atoms with van der Waals surface area (Å²) in [5.41, 5.74) is 0. The minimum atomic E-state index is -0.929. The third-order valence-corrected chi connectivity index (χ3v) is 4.80. The molecule has 3 nitrogen and oxygen atoms in total. The summed E-state index contributed by atoms with van der Waals surface area (Å²) in [6, 6.07) is 0. The van der Waals surface area contributed by atoms with E-state index in [4.69, 9.17) is 0 Å². The van der Waals surface area contributed by atoms with Crippen LogP contribution < -0.4 is 0 Å². The van der Waals surface area contributed by atoms with Crippen molar-refractivity contribution in [2.75, 3.05) is 7.11 Å². The monoisotopic (exact) mass is 342 g/mol. The Morgan fingerprint density at radius 2 is 1.04 bits per heavy atom. The zero-order valence-electron chi connectivity index (χ0n) is 16.4. The number of aliphatic hydroxyl groups is 1. The van der Waals surface area contributed by atoms with E-state index in [2.05, 4.69) is 11.7 Å². The first kappa shape index (κ1) is 23.4. The second-order valence-corrected chi connectivity index (χ2v) is 7.13. The first-order valence-electron chi connectivity index (χ1n) is 10.5. The van der Waals surface area contributed by atoms with Crippen LogP contribution in [0.15, 0.2) is 0 Å². The van der Waals surface area contributed by atoms with Gasteiger partial charge in [-0.05, 0) is 6.42 Å². The molecule has 0 aliphatic rings. The predicted molar refractivity (Wildman–Crippen MR) is 102 cm³/mol. The second-order valence-electron chi connectivity index (χ2n) is 7.13. The lowest BCUT2D eigenvalue weighted by molar-refractivity contribution is -0.150. The molecule has 0 saturated heterocycles. The van der Waals surface area contributed by atoms with E-state index in [0.29, 0.717) is 6.42 Å². The van der Waals surface area contributed by atoms with Gasteiger partial charge in [0.15, 0.2) is 6.10 Å². The molecule has 0 aliphatic heterocycles. The number of esters is 1. The highest BCUT2D eigenvalue weighted by atomic mass is 16.5. The standard InChI is InChI=1S/C21H42O3/c1-3-4-5-6-7-8-9-10-11-12-13-14-15-16-17-18-19-20(22)21(23)24-2/h20,22H,3-19H2,1-2H3. The van der Waals surface area contributed by atoms with E-state index in [1.54, 1.807) is 0 Å². The molecule has 0 saturated carbocycles. The minimum absolute atomic E-state index is 0.504. The van der Waals surface area contributed by atoms with E-state index >= 15 is 0 Å². The highest BCUT2D eigenvalue weighted by Gasteiger charge is 2.13. The van der Waals surface area contributed by atoms with Crippen molar-refractivity contribution in [3.8, 4) is 0 Å². The van der Waals surface area contributed by atoms with E-state index in [1.807, 2.05) is 0 Å². The summed E-state index contributed by atoms with van der Waals surface area (Å²) in [5, 5.41) is 9.46. The fourth-order valence-electron chi connectivity index (χ4n) is 3.14. The Hall–Kier alpha value is -0.570. The highest BCUT2D eigenvalue weighted by Crippen LogP contribution is 2.14. The highest BCUT2D eigenvalue weighted by molar-refractivity contribution is 5.74. The van der Waals surface area contributed by atoms with E-state index in [-0.39, 0.29) is 0 Å². The maximum absolute atomic E-state index is 11.0. The van der Waals surface area contributed by atoms with Crippen LogP contribution in [0.5, 0.6) is 0 Å². The molecule has 1 atom stereocenters. The van der Waals surface area contributed by atoms with Gasteiger partial charge < -0.3 is 9.84 Å². The molecule has 0 aliphatic carbocycles. The van der Waals surface area contributed by atoms with Crippen LogP contribution in [-0.2, 0) is 9.53 Å². The topological polar surface area (TPSA) is 46.5 Å². The van der Waals surface area contributed by atoms with Crippen molar-refractivity contribution in [2.24, 2.45) is 0 Å². The number of carbonyl (C=O) groups is 1. The number of carbonyl (C=O) groups excluding carboxylic acids is 1. The van der Waals surface area contributed by atoms with Gasteiger partial charge in [0.25, 0.3) is 0 Å². The number of unbranched alkanes of at least 4 members (excludes halogenated alkanes) is 15. The van der Waals surface area contributed by atoms with Gasteiger partial charge in [-0.1, -0.05) is 110 Å².